The van der Waals surface area contributed by atoms with E-state index in [0.29, 0.717) is 18.2 Å². The van der Waals surface area contributed by atoms with Crippen molar-refractivity contribution in [2.45, 2.75) is 44.6 Å². The summed E-state index contributed by atoms with van der Waals surface area (Å²) in [5.74, 6) is 0.247. The molecule has 0 spiro atoms. The summed E-state index contributed by atoms with van der Waals surface area (Å²) in [5.41, 5.74) is 0. The lowest BCUT2D eigenvalue weighted by atomic mass is 9.69. The molecule has 0 radical (unpaired) electrons. The van der Waals surface area contributed by atoms with Gasteiger partial charge in [0.05, 0.1) is 0 Å². The van der Waals surface area contributed by atoms with Crippen LogP contribution < -0.4 is 5.32 Å². The Hall–Kier alpha value is -1.50. The van der Waals surface area contributed by atoms with E-state index >= 15 is 0 Å². The molecule has 3 rings (SSSR count). The first-order valence-electron chi connectivity index (χ1n) is 8.18. The molecule has 0 amide bonds. The number of hydrogen-bond acceptors (Lipinski definition) is 5. The summed E-state index contributed by atoms with van der Waals surface area (Å²) in [6.45, 7) is -1.59. The highest BCUT2D eigenvalue weighted by Gasteiger charge is 2.37. The SMILES string of the molecule is [2H]C1([2H])N[C@H](C(=O)O)C[C@H]2C[C@@H](CCc3nn[nH]n3)CC[C@H]21. The number of tetrazole rings is 1. The highest BCUT2D eigenvalue weighted by atomic mass is 16.4. The fourth-order valence-electron chi connectivity index (χ4n) is 3.43. The third-order valence-corrected chi connectivity index (χ3v) is 4.54. The molecule has 4 atom stereocenters. The second-order valence-electron chi connectivity index (χ2n) is 5.83. The molecule has 2 fully saturated rings. The molecule has 7 heteroatoms. The molecule has 1 aromatic heterocycles. The molecule has 1 aliphatic heterocycles. The van der Waals surface area contributed by atoms with Crippen molar-refractivity contribution in [3.8, 4) is 0 Å². The molecular weight excluding hydrogens is 258 g/mol. The molecule has 2 aliphatic rings. The number of nitrogens with zero attached hydrogens (tertiary/aromatic N) is 3. The predicted octanol–water partition coefficient (Wildman–Crippen LogP) is 0.611. The van der Waals surface area contributed by atoms with Gasteiger partial charge in [0, 0.05) is 9.16 Å². The molecule has 20 heavy (non-hydrogen) atoms. The van der Waals surface area contributed by atoms with E-state index in [1.807, 2.05) is 0 Å². The lowest BCUT2D eigenvalue weighted by Crippen LogP contribution is -2.49. The normalized spacial score (nSPS) is 37.6. The first-order valence-corrected chi connectivity index (χ1v) is 7.18. The van der Waals surface area contributed by atoms with Crippen molar-refractivity contribution in [1.29, 1.82) is 0 Å². The van der Waals surface area contributed by atoms with Crippen molar-refractivity contribution in [2.75, 3.05) is 6.50 Å². The Bertz CT molecular complexity index is 525. The largest absolute Gasteiger partial charge is 0.480 e. The lowest BCUT2D eigenvalue weighted by Gasteiger charge is -2.41. The predicted molar refractivity (Wildman–Crippen MR) is 70.9 cm³/mol. The number of fused-ring (bicyclic) bond motifs is 1. The smallest absolute Gasteiger partial charge is 0.320 e. The van der Waals surface area contributed by atoms with Crippen LogP contribution in [-0.2, 0) is 11.2 Å². The second kappa shape index (κ2) is 5.87. The summed E-state index contributed by atoms with van der Waals surface area (Å²) < 4.78 is 16.2. The highest BCUT2D eigenvalue weighted by Crippen LogP contribution is 2.40. The number of nitrogens with one attached hydrogen (secondary N) is 2. The Labute approximate surface area is 120 Å². The maximum atomic E-state index is 11.2. The van der Waals surface area contributed by atoms with Crippen molar-refractivity contribution in [1.82, 2.24) is 25.9 Å². The second-order valence-corrected chi connectivity index (χ2v) is 5.83. The average Bonchev–Trinajstić information content (AvgIpc) is 2.97. The van der Waals surface area contributed by atoms with Crippen LogP contribution in [0.2, 0.25) is 0 Å². The summed E-state index contributed by atoms with van der Waals surface area (Å²) in [6.07, 6.45) is 4.86. The van der Waals surface area contributed by atoms with Gasteiger partial charge in [-0.25, -0.2) is 0 Å². The molecule has 0 unspecified atom stereocenters. The van der Waals surface area contributed by atoms with Crippen LogP contribution in [0.15, 0.2) is 0 Å². The zero-order chi connectivity index (χ0) is 15.7. The highest BCUT2D eigenvalue weighted by molar-refractivity contribution is 5.73. The fraction of sp³-hybridized carbons (Fsp3) is 0.846. The molecule has 1 aromatic rings. The molecule has 0 bridgehead atoms. The maximum absolute atomic E-state index is 11.2. The minimum atomic E-state index is -1.59. The number of aromatic amines is 1. The summed E-state index contributed by atoms with van der Waals surface area (Å²) in [7, 11) is 0. The molecule has 3 N–H and O–H groups in total. The van der Waals surface area contributed by atoms with Gasteiger partial charge in [-0.15, -0.1) is 10.2 Å². The van der Waals surface area contributed by atoms with Crippen LogP contribution in [0.5, 0.6) is 0 Å². The van der Waals surface area contributed by atoms with Crippen LogP contribution in [0.3, 0.4) is 0 Å². The van der Waals surface area contributed by atoms with Crippen LogP contribution in [0.25, 0.3) is 0 Å². The summed E-state index contributed by atoms with van der Waals surface area (Å²) >= 11 is 0. The Morgan fingerprint density at radius 2 is 2.30 bits per heavy atom. The van der Waals surface area contributed by atoms with Crippen molar-refractivity contribution >= 4 is 5.97 Å². The van der Waals surface area contributed by atoms with Crippen LogP contribution in [-0.4, -0.2) is 44.2 Å². The topological polar surface area (TPSA) is 104 Å². The van der Waals surface area contributed by atoms with Crippen LogP contribution in [0.4, 0.5) is 0 Å². The van der Waals surface area contributed by atoms with Gasteiger partial charge in [0.1, 0.15) is 6.04 Å². The van der Waals surface area contributed by atoms with E-state index in [1.54, 1.807) is 0 Å². The zero-order valence-electron chi connectivity index (χ0n) is 13.2. The van der Waals surface area contributed by atoms with Crippen LogP contribution >= 0.6 is 0 Å². The van der Waals surface area contributed by atoms with Crippen molar-refractivity contribution in [3.63, 3.8) is 0 Å². The van der Waals surface area contributed by atoms with E-state index in [9.17, 15) is 9.90 Å². The molecule has 1 saturated heterocycles. The third kappa shape index (κ3) is 2.98. The molecule has 110 valence electrons. The number of piperidine rings is 1. The van der Waals surface area contributed by atoms with Gasteiger partial charge < -0.3 is 10.4 Å². The van der Waals surface area contributed by atoms with E-state index in [2.05, 4.69) is 25.9 Å². The summed E-state index contributed by atoms with van der Waals surface area (Å²) in [6, 6.07) is -0.785. The standard InChI is InChI=1S/C13H21N5O2/c19-13(20)11-6-10-5-8(1-3-9(10)7-14-11)2-4-12-15-17-18-16-12/h8-11,14H,1-7H2,(H,19,20)(H,15,16,17,18)/t8-,9+,10-,11+/m1/s1/i7D2. The molecular formula is C13H21N5O2. The van der Waals surface area contributed by atoms with Gasteiger partial charge in [-0.2, -0.15) is 5.21 Å². The summed E-state index contributed by atoms with van der Waals surface area (Å²) in [4.78, 5) is 11.2. The Morgan fingerprint density at radius 3 is 3.05 bits per heavy atom. The number of H-pyrrole nitrogens is 1. The van der Waals surface area contributed by atoms with Gasteiger partial charge in [0.15, 0.2) is 5.82 Å². The number of aryl methyl sites for hydroxylation is 1. The Morgan fingerprint density at radius 1 is 1.40 bits per heavy atom. The first-order chi connectivity index (χ1) is 10.5. The van der Waals surface area contributed by atoms with Gasteiger partial charge >= 0.3 is 5.97 Å². The van der Waals surface area contributed by atoms with Gasteiger partial charge in [-0.05, 0) is 49.9 Å². The average molecular weight is 281 g/mol. The Kier molecular flexibility index (Phi) is 3.28. The fourth-order valence-corrected chi connectivity index (χ4v) is 3.43. The Balaban J connectivity index is 1.61. The van der Waals surface area contributed by atoms with Gasteiger partial charge in [-0.3, -0.25) is 4.79 Å². The van der Waals surface area contributed by atoms with Gasteiger partial charge in [0.25, 0.3) is 0 Å². The maximum Gasteiger partial charge on any atom is 0.320 e. The monoisotopic (exact) mass is 281 g/mol. The van der Waals surface area contributed by atoms with Crippen LogP contribution in [0, 0.1) is 17.8 Å². The minimum absolute atomic E-state index is 0.0930. The van der Waals surface area contributed by atoms with Gasteiger partial charge in [0.2, 0.25) is 0 Å². The number of hydrogen-bond donors (Lipinski definition) is 3. The van der Waals surface area contributed by atoms with E-state index in [0.717, 1.165) is 32.1 Å². The zero-order valence-corrected chi connectivity index (χ0v) is 11.2. The van der Waals surface area contributed by atoms with Gasteiger partial charge in [-0.1, -0.05) is 11.6 Å². The number of aromatic nitrogens is 4. The quantitative estimate of drug-likeness (QED) is 0.747. The molecule has 1 aliphatic carbocycles. The van der Waals surface area contributed by atoms with Crippen molar-refractivity contribution in [3.05, 3.63) is 5.82 Å². The minimum Gasteiger partial charge on any atom is -0.480 e. The molecule has 0 aromatic carbocycles. The summed E-state index contributed by atoms with van der Waals surface area (Å²) in [5, 5.41) is 25.7. The number of carbonyl (C=O) groups is 1. The van der Waals surface area contributed by atoms with E-state index in [-0.39, 0.29) is 11.8 Å². The third-order valence-electron chi connectivity index (χ3n) is 4.54. The van der Waals surface area contributed by atoms with Crippen molar-refractivity contribution in [2.24, 2.45) is 17.8 Å². The number of carboxylic acid groups (broad SMARTS) is 1. The number of carboxylic acids is 1. The first kappa shape index (κ1) is 11.2. The van der Waals surface area contributed by atoms with Crippen molar-refractivity contribution < 1.29 is 12.6 Å². The number of aliphatic carboxylic acids is 1. The van der Waals surface area contributed by atoms with E-state index < -0.39 is 18.5 Å². The molecule has 2 heterocycles. The van der Waals surface area contributed by atoms with Crippen LogP contribution in [0.1, 0.15) is 40.7 Å². The number of rotatable bonds is 4. The van der Waals surface area contributed by atoms with E-state index in [4.69, 9.17) is 2.74 Å². The molecule has 7 nitrogen and oxygen atoms in total. The molecule has 1 saturated carbocycles. The van der Waals surface area contributed by atoms with E-state index in [1.165, 1.54) is 0 Å². The lowest BCUT2D eigenvalue weighted by molar-refractivity contribution is -0.141.